The molecule has 0 bridgehead atoms. The molecule has 0 aromatic heterocycles. The minimum Gasteiger partial charge on any atom is -0.313 e. The average Bonchev–Trinajstić information content (AvgIpc) is 2.70. The molecule has 1 aliphatic carbocycles. The summed E-state index contributed by atoms with van der Waals surface area (Å²) < 4.78 is 50.4. The SMILES string of the molecule is O=S1(=O)C[C@H](CNC2CCC(F)(F)CC2)c2ccccc21. The molecule has 1 saturated carbocycles. The zero-order valence-electron chi connectivity index (χ0n) is 11.7. The summed E-state index contributed by atoms with van der Waals surface area (Å²) in [5, 5.41) is 3.28. The van der Waals surface area contributed by atoms with Crippen LogP contribution in [0.25, 0.3) is 0 Å². The molecule has 0 spiro atoms. The molecule has 116 valence electrons. The van der Waals surface area contributed by atoms with Crippen molar-refractivity contribution in [1.29, 1.82) is 0 Å². The quantitative estimate of drug-likeness (QED) is 0.933. The lowest BCUT2D eigenvalue weighted by Crippen LogP contribution is -2.39. The minimum absolute atomic E-state index is 0.0695. The van der Waals surface area contributed by atoms with E-state index in [1.54, 1.807) is 12.1 Å². The number of rotatable bonds is 3. The molecule has 1 fully saturated rings. The third-order valence-corrected chi connectivity index (χ3v) is 6.37. The van der Waals surface area contributed by atoms with Crippen molar-refractivity contribution < 1.29 is 17.2 Å². The van der Waals surface area contributed by atoms with E-state index in [0.717, 1.165) is 5.56 Å². The molecule has 1 atom stereocenters. The van der Waals surface area contributed by atoms with Crippen LogP contribution in [-0.2, 0) is 9.84 Å². The lowest BCUT2D eigenvalue weighted by molar-refractivity contribution is -0.0404. The second-order valence-electron chi connectivity index (χ2n) is 6.05. The van der Waals surface area contributed by atoms with Crippen LogP contribution in [0.4, 0.5) is 8.78 Å². The Balaban J connectivity index is 1.63. The van der Waals surface area contributed by atoms with Gasteiger partial charge in [-0.05, 0) is 24.5 Å². The predicted molar refractivity (Wildman–Crippen MR) is 76.4 cm³/mol. The van der Waals surface area contributed by atoms with Gasteiger partial charge in [-0.2, -0.15) is 0 Å². The van der Waals surface area contributed by atoms with E-state index in [9.17, 15) is 17.2 Å². The Morgan fingerprint density at radius 2 is 1.86 bits per heavy atom. The molecular weight excluding hydrogens is 296 g/mol. The van der Waals surface area contributed by atoms with Gasteiger partial charge in [-0.3, -0.25) is 0 Å². The average molecular weight is 315 g/mol. The third-order valence-electron chi connectivity index (χ3n) is 4.48. The number of benzene rings is 1. The van der Waals surface area contributed by atoms with Crippen molar-refractivity contribution in [3.05, 3.63) is 29.8 Å². The number of alkyl halides is 2. The Bertz CT molecular complexity index is 620. The summed E-state index contributed by atoms with van der Waals surface area (Å²) in [6.45, 7) is 0.534. The Morgan fingerprint density at radius 1 is 1.19 bits per heavy atom. The van der Waals surface area contributed by atoms with E-state index in [2.05, 4.69) is 5.32 Å². The normalized spacial score (nSPS) is 27.4. The molecule has 21 heavy (non-hydrogen) atoms. The number of sulfone groups is 1. The fourth-order valence-electron chi connectivity index (χ4n) is 3.27. The first kappa shape index (κ1) is 14.9. The molecule has 2 aliphatic rings. The number of fused-ring (bicyclic) bond motifs is 1. The monoisotopic (exact) mass is 315 g/mol. The van der Waals surface area contributed by atoms with Crippen LogP contribution in [0, 0.1) is 0 Å². The Labute approximate surface area is 123 Å². The van der Waals surface area contributed by atoms with Gasteiger partial charge in [0.05, 0.1) is 10.6 Å². The first-order chi connectivity index (χ1) is 9.87. The second-order valence-corrected chi connectivity index (χ2v) is 8.06. The van der Waals surface area contributed by atoms with Crippen molar-refractivity contribution in [3.63, 3.8) is 0 Å². The highest BCUT2D eigenvalue weighted by molar-refractivity contribution is 7.91. The topological polar surface area (TPSA) is 46.2 Å². The molecule has 1 N–H and O–H groups in total. The Morgan fingerprint density at radius 3 is 2.57 bits per heavy atom. The maximum absolute atomic E-state index is 13.1. The summed E-state index contributed by atoms with van der Waals surface area (Å²) in [7, 11) is -3.19. The van der Waals surface area contributed by atoms with Crippen LogP contribution in [0.1, 0.15) is 37.2 Å². The first-order valence-corrected chi connectivity index (χ1v) is 8.95. The number of hydrogen-bond acceptors (Lipinski definition) is 3. The van der Waals surface area contributed by atoms with Crippen LogP contribution in [0.3, 0.4) is 0 Å². The molecule has 1 heterocycles. The lowest BCUT2D eigenvalue weighted by atomic mass is 9.91. The van der Waals surface area contributed by atoms with E-state index in [-0.39, 0.29) is 30.6 Å². The molecule has 0 radical (unpaired) electrons. The minimum atomic E-state index is -3.19. The Kier molecular flexibility index (Phi) is 3.78. The van der Waals surface area contributed by atoms with E-state index in [1.165, 1.54) is 0 Å². The van der Waals surface area contributed by atoms with Crippen molar-refractivity contribution >= 4 is 9.84 Å². The molecule has 1 aromatic carbocycles. The van der Waals surface area contributed by atoms with Crippen LogP contribution >= 0.6 is 0 Å². The summed E-state index contributed by atoms with van der Waals surface area (Å²) in [4.78, 5) is 0.423. The van der Waals surface area contributed by atoms with E-state index >= 15 is 0 Å². The van der Waals surface area contributed by atoms with Gasteiger partial charge in [-0.1, -0.05) is 18.2 Å². The molecule has 6 heteroatoms. The van der Waals surface area contributed by atoms with Gasteiger partial charge in [0.1, 0.15) is 0 Å². The highest BCUT2D eigenvalue weighted by atomic mass is 32.2. The summed E-state index contributed by atoms with van der Waals surface area (Å²) in [5.74, 6) is -2.49. The van der Waals surface area contributed by atoms with Gasteiger partial charge in [0.25, 0.3) is 0 Å². The first-order valence-electron chi connectivity index (χ1n) is 7.30. The fraction of sp³-hybridized carbons (Fsp3) is 0.600. The molecule has 0 unspecified atom stereocenters. The van der Waals surface area contributed by atoms with Crippen LogP contribution in [-0.4, -0.2) is 32.7 Å². The highest BCUT2D eigenvalue weighted by Gasteiger charge is 2.37. The summed E-state index contributed by atoms with van der Waals surface area (Å²) >= 11 is 0. The zero-order valence-corrected chi connectivity index (χ0v) is 12.5. The summed E-state index contributed by atoms with van der Waals surface area (Å²) in [6, 6.07) is 7.14. The maximum atomic E-state index is 13.1. The van der Waals surface area contributed by atoms with E-state index in [1.807, 2.05) is 12.1 Å². The van der Waals surface area contributed by atoms with Crippen molar-refractivity contribution in [3.8, 4) is 0 Å². The second kappa shape index (κ2) is 5.32. The van der Waals surface area contributed by atoms with Crippen LogP contribution in [0.2, 0.25) is 0 Å². The van der Waals surface area contributed by atoms with E-state index in [0.29, 0.717) is 24.3 Å². The largest absolute Gasteiger partial charge is 0.313 e. The molecule has 0 saturated heterocycles. The fourth-order valence-corrected chi connectivity index (χ4v) is 5.15. The molecule has 0 amide bonds. The van der Waals surface area contributed by atoms with E-state index in [4.69, 9.17) is 0 Å². The zero-order chi connectivity index (χ0) is 15.1. The van der Waals surface area contributed by atoms with Gasteiger partial charge in [-0.15, -0.1) is 0 Å². The molecule has 1 aromatic rings. The Hall–Kier alpha value is -1.01. The maximum Gasteiger partial charge on any atom is 0.248 e. The van der Waals surface area contributed by atoms with Gasteiger partial charge >= 0.3 is 0 Å². The van der Waals surface area contributed by atoms with Crippen molar-refractivity contribution in [1.82, 2.24) is 5.32 Å². The van der Waals surface area contributed by atoms with Crippen LogP contribution < -0.4 is 5.32 Å². The van der Waals surface area contributed by atoms with Gasteiger partial charge in [0.15, 0.2) is 9.84 Å². The van der Waals surface area contributed by atoms with Gasteiger partial charge in [0.2, 0.25) is 5.92 Å². The smallest absolute Gasteiger partial charge is 0.248 e. The summed E-state index contributed by atoms with van der Waals surface area (Å²) in [6.07, 6.45) is 0.747. The molecule has 3 nitrogen and oxygen atoms in total. The van der Waals surface area contributed by atoms with Crippen LogP contribution in [0.15, 0.2) is 29.2 Å². The van der Waals surface area contributed by atoms with Crippen molar-refractivity contribution in [2.24, 2.45) is 0 Å². The van der Waals surface area contributed by atoms with Crippen molar-refractivity contribution in [2.45, 2.75) is 48.5 Å². The number of hydrogen-bond donors (Lipinski definition) is 1. The summed E-state index contributed by atoms with van der Waals surface area (Å²) in [5.41, 5.74) is 0.853. The highest BCUT2D eigenvalue weighted by Crippen LogP contribution is 2.36. The van der Waals surface area contributed by atoms with Crippen molar-refractivity contribution in [2.75, 3.05) is 12.3 Å². The third kappa shape index (κ3) is 3.11. The predicted octanol–water partition coefficient (Wildman–Crippen LogP) is 2.73. The van der Waals surface area contributed by atoms with Crippen LogP contribution in [0.5, 0.6) is 0 Å². The molecular formula is C15H19F2NO2S. The van der Waals surface area contributed by atoms with Gasteiger partial charge in [0, 0.05) is 31.3 Å². The number of nitrogens with one attached hydrogen (secondary N) is 1. The molecule has 1 aliphatic heterocycles. The van der Waals surface area contributed by atoms with E-state index < -0.39 is 15.8 Å². The number of halogens is 2. The van der Waals surface area contributed by atoms with Gasteiger partial charge < -0.3 is 5.32 Å². The molecule has 3 rings (SSSR count). The lowest BCUT2D eigenvalue weighted by Gasteiger charge is -2.29. The van der Waals surface area contributed by atoms with Gasteiger partial charge in [-0.25, -0.2) is 17.2 Å². The standard InChI is InChI=1S/C15H19F2NO2S/c16-15(17)7-5-12(6-8-15)18-9-11-10-21(19,20)14-4-2-1-3-13(11)14/h1-4,11-12,18H,5-10H2/t11-/m0/s1.